The number of H-pyrrole nitrogens is 2. The van der Waals surface area contributed by atoms with E-state index in [9.17, 15) is 9.59 Å². The van der Waals surface area contributed by atoms with Gasteiger partial charge in [0.15, 0.2) is 4.77 Å². The molecule has 1 saturated heterocycles. The minimum atomic E-state index is -0.245. The average Bonchev–Trinajstić information content (AvgIpc) is 3.24. The lowest BCUT2D eigenvalue weighted by molar-refractivity contribution is 0.0736. The number of benzene rings is 1. The lowest BCUT2D eigenvalue weighted by atomic mass is 10.1. The number of rotatable bonds is 2. The second-order valence-electron chi connectivity index (χ2n) is 5.88. The molecule has 0 spiro atoms. The highest BCUT2D eigenvalue weighted by atomic mass is 32.1. The van der Waals surface area contributed by atoms with Gasteiger partial charge in [-0.15, -0.1) is 0 Å². The van der Waals surface area contributed by atoms with Crippen molar-refractivity contribution in [1.82, 2.24) is 14.9 Å². The van der Waals surface area contributed by atoms with Gasteiger partial charge in [0.2, 0.25) is 0 Å². The van der Waals surface area contributed by atoms with Gasteiger partial charge in [-0.25, -0.2) is 0 Å². The molecule has 1 aliphatic heterocycles. The third kappa shape index (κ3) is 2.59. The zero-order chi connectivity index (χ0) is 16.7. The first kappa shape index (κ1) is 15.3. The minimum absolute atomic E-state index is 0.00907. The van der Waals surface area contributed by atoms with Crippen molar-refractivity contribution < 1.29 is 4.79 Å². The molecule has 3 aromatic rings. The van der Waals surface area contributed by atoms with Crippen LogP contribution in [-0.2, 0) is 0 Å². The Morgan fingerprint density at radius 2 is 2.17 bits per heavy atom. The molecule has 0 saturated carbocycles. The average molecular weight is 357 g/mol. The summed E-state index contributed by atoms with van der Waals surface area (Å²) in [5.41, 5.74) is 2.11. The van der Waals surface area contributed by atoms with Gasteiger partial charge in [0, 0.05) is 12.1 Å². The molecule has 0 bridgehead atoms. The van der Waals surface area contributed by atoms with Gasteiger partial charge in [-0.2, -0.15) is 11.3 Å². The van der Waals surface area contributed by atoms with Crippen LogP contribution in [0.15, 0.2) is 39.8 Å². The van der Waals surface area contributed by atoms with Crippen LogP contribution in [0.1, 0.15) is 34.8 Å². The number of nitrogens with zero attached hydrogens (tertiary/aromatic N) is 1. The predicted octanol–water partition coefficient (Wildman–Crippen LogP) is 3.62. The Hall–Kier alpha value is -2.25. The monoisotopic (exact) mass is 357 g/mol. The molecule has 2 aromatic heterocycles. The van der Waals surface area contributed by atoms with Crippen LogP contribution in [-0.4, -0.2) is 27.3 Å². The number of nitrogens with one attached hydrogen (secondary N) is 2. The molecule has 1 atom stereocenters. The Bertz CT molecular complexity index is 1020. The molecule has 1 amide bonds. The Kier molecular flexibility index (Phi) is 3.82. The number of hydrogen-bond donors (Lipinski definition) is 2. The van der Waals surface area contributed by atoms with Crippen LogP contribution in [0, 0.1) is 4.77 Å². The number of likely N-dealkylation sites (tertiary alicyclic amines) is 1. The van der Waals surface area contributed by atoms with Crippen molar-refractivity contribution in [3.05, 3.63) is 61.3 Å². The quantitative estimate of drug-likeness (QED) is 0.688. The summed E-state index contributed by atoms with van der Waals surface area (Å²) in [4.78, 5) is 32.3. The molecule has 2 N–H and O–H groups in total. The molecule has 5 nitrogen and oxygen atoms in total. The van der Waals surface area contributed by atoms with E-state index in [1.165, 1.54) is 5.56 Å². The third-order valence-corrected chi connectivity index (χ3v) is 5.33. The standard InChI is InChI=1S/C17H15N3O2S2/c21-15-12-4-3-10(8-13(12)18-17(23)19-15)16(22)20-6-1-2-14(20)11-5-7-24-9-11/h3-5,7-9,14H,1-2,6H2,(H2,18,19,21,23). The summed E-state index contributed by atoms with van der Waals surface area (Å²) in [6.45, 7) is 0.753. The molecule has 1 aromatic carbocycles. The molecule has 7 heteroatoms. The Balaban J connectivity index is 1.73. The van der Waals surface area contributed by atoms with Crippen LogP contribution in [0.4, 0.5) is 0 Å². The molecule has 24 heavy (non-hydrogen) atoms. The second kappa shape index (κ2) is 5.99. The van der Waals surface area contributed by atoms with Crippen molar-refractivity contribution in [2.45, 2.75) is 18.9 Å². The van der Waals surface area contributed by atoms with Crippen molar-refractivity contribution in [1.29, 1.82) is 0 Å². The maximum Gasteiger partial charge on any atom is 0.259 e. The van der Waals surface area contributed by atoms with Crippen molar-refractivity contribution >= 4 is 40.4 Å². The number of thiophene rings is 1. The van der Waals surface area contributed by atoms with Crippen molar-refractivity contribution in [2.24, 2.45) is 0 Å². The highest BCUT2D eigenvalue weighted by Crippen LogP contribution is 2.34. The largest absolute Gasteiger partial charge is 0.332 e. The molecule has 1 fully saturated rings. The first-order valence-electron chi connectivity index (χ1n) is 7.73. The zero-order valence-corrected chi connectivity index (χ0v) is 14.4. The van der Waals surface area contributed by atoms with E-state index in [0.717, 1.165) is 19.4 Å². The smallest absolute Gasteiger partial charge is 0.259 e. The number of aromatic nitrogens is 2. The third-order valence-electron chi connectivity index (χ3n) is 4.43. The number of aromatic amines is 2. The van der Waals surface area contributed by atoms with E-state index < -0.39 is 0 Å². The van der Waals surface area contributed by atoms with E-state index in [1.807, 2.05) is 10.3 Å². The van der Waals surface area contributed by atoms with Crippen LogP contribution in [0.25, 0.3) is 10.9 Å². The van der Waals surface area contributed by atoms with Crippen LogP contribution in [0.3, 0.4) is 0 Å². The second-order valence-corrected chi connectivity index (χ2v) is 7.07. The number of hydrogen-bond acceptors (Lipinski definition) is 4. The molecule has 1 unspecified atom stereocenters. The maximum absolute atomic E-state index is 13.0. The van der Waals surface area contributed by atoms with E-state index in [-0.39, 0.29) is 22.3 Å². The Morgan fingerprint density at radius 3 is 2.96 bits per heavy atom. The van der Waals surface area contributed by atoms with E-state index in [0.29, 0.717) is 16.5 Å². The Labute approximate surface area is 147 Å². The van der Waals surface area contributed by atoms with Crippen LogP contribution >= 0.6 is 23.6 Å². The summed E-state index contributed by atoms with van der Waals surface area (Å²) in [7, 11) is 0. The minimum Gasteiger partial charge on any atom is -0.332 e. The van der Waals surface area contributed by atoms with Gasteiger partial charge in [0.25, 0.3) is 11.5 Å². The molecule has 1 aliphatic rings. The van der Waals surface area contributed by atoms with Gasteiger partial charge in [0.1, 0.15) is 0 Å². The SMILES string of the molecule is O=C(c1ccc2c(=O)[nH]c(=S)[nH]c2c1)N1CCCC1c1ccsc1. The fraction of sp³-hybridized carbons (Fsp3) is 0.235. The number of carbonyl (C=O) groups excluding carboxylic acids is 1. The predicted molar refractivity (Wildman–Crippen MR) is 97.1 cm³/mol. The summed E-state index contributed by atoms with van der Waals surface area (Å²) in [6.07, 6.45) is 1.99. The molecule has 3 heterocycles. The van der Waals surface area contributed by atoms with Gasteiger partial charge < -0.3 is 9.88 Å². The maximum atomic E-state index is 13.0. The van der Waals surface area contributed by atoms with E-state index in [1.54, 1.807) is 29.5 Å². The summed E-state index contributed by atoms with van der Waals surface area (Å²) in [5, 5.41) is 4.64. The van der Waals surface area contributed by atoms with Crippen molar-refractivity contribution in [2.75, 3.05) is 6.54 Å². The van der Waals surface area contributed by atoms with Gasteiger partial charge in [-0.05, 0) is 65.6 Å². The van der Waals surface area contributed by atoms with Crippen LogP contribution < -0.4 is 5.56 Å². The lowest BCUT2D eigenvalue weighted by Crippen LogP contribution is -2.30. The first-order valence-corrected chi connectivity index (χ1v) is 9.08. The summed E-state index contributed by atoms with van der Waals surface area (Å²) < 4.78 is 0.259. The molecular formula is C17H15N3O2S2. The number of carbonyl (C=O) groups is 1. The number of amides is 1. The normalized spacial score (nSPS) is 17.5. The molecule has 122 valence electrons. The lowest BCUT2D eigenvalue weighted by Gasteiger charge is -2.24. The summed E-state index contributed by atoms with van der Waals surface area (Å²) in [5.74, 6) is -0.00907. The highest BCUT2D eigenvalue weighted by Gasteiger charge is 2.30. The fourth-order valence-electron chi connectivity index (χ4n) is 3.29. The van der Waals surface area contributed by atoms with Gasteiger partial charge in [-0.3, -0.25) is 14.6 Å². The molecular weight excluding hydrogens is 342 g/mol. The van der Waals surface area contributed by atoms with E-state index >= 15 is 0 Å². The van der Waals surface area contributed by atoms with Gasteiger partial charge >= 0.3 is 0 Å². The molecule has 0 aliphatic carbocycles. The zero-order valence-electron chi connectivity index (χ0n) is 12.7. The molecule has 4 rings (SSSR count). The van der Waals surface area contributed by atoms with Crippen molar-refractivity contribution in [3.8, 4) is 0 Å². The topological polar surface area (TPSA) is 69.0 Å². The van der Waals surface area contributed by atoms with Crippen molar-refractivity contribution in [3.63, 3.8) is 0 Å². The summed E-state index contributed by atoms with van der Waals surface area (Å²) in [6, 6.07) is 7.31. The Morgan fingerprint density at radius 1 is 1.29 bits per heavy atom. The van der Waals surface area contributed by atoms with Gasteiger partial charge in [-0.1, -0.05) is 0 Å². The first-order chi connectivity index (χ1) is 11.6. The number of fused-ring (bicyclic) bond motifs is 1. The fourth-order valence-corrected chi connectivity index (χ4v) is 4.20. The van der Waals surface area contributed by atoms with Crippen LogP contribution in [0.5, 0.6) is 0 Å². The molecule has 0 radical (unpaired) electrons. The highest BCUT2D eigenvalue weighted by molar-refractivity contribution is 7.71. The van der Waals surface area contributed by atoms with Gasteiger partial charge in [0.05, 0.1) is 16.9 Å². The van der Waals surface area contributed by atoms with Crippen LogP contribution in [0.2, 0.25) is 0 Å². The summed E-state index contributed by atoms with van der Waals surface area (Å²) >= 11 is 6.66. The van der Waals surface area contributed by atoms with E-state index in [2.05, 4.69) is 21.4 Å². The van der Waals surface area contributed by atoms with E-state index in [4.69, 9.17) is 12.2 Å².